The number of nitrogens with zero attached hydrogens (tertiary/aromatic N) is 1. The van der Waals surface area contributed by atoms with Crippen LogP contribution < -0.4 is 10.6 Å². The van der Waals surface area contributed by atoms with Crippen molar-refractivity contribution in [2.24, 2.45) is 0 Å². The fourth-order valence-electron chi connectivity index (χ4n) is 1.39. The van der Waals surface area contributed by atoms with E-state index in [0.29, 0.717) is 0 Å². The summed E-state index contributed by atoms with van der Waals surface area (Å²) in [5.74, 6) is -0.335. The molecule has 0 saturated heterocycles. The molecule has 6 nitrogen and oxygen atoms in total. The van der Waals surface area contributed by atoms with Crippen molar-refractivity contribution >= 4 is 21.4 Å². The highest BCUT2D eigenvalue weighted by atomic mass is 32.2. The highest BCUT2D eigenvalue weighted by Crippen LogP contribution is 2.05. The summed E-state index contributed by atoms with van der Waals surface area (Å²) < 4.78 is 22.5. The second kappa shape index (κ2) is 7.08. The van der Waals surface area contributed by atoms with E-state index in [2.05, 4.69) is 15.6 Å². The smallest absolute Gasteiger partial charge is 0.269 e. The quantitative estimate of drug-likeness (QED) is 0.769. The van der Waals surface area contributed by atoms with E-state index in [4.69, 9.17) is 0 Å². The Balaban J connectivity index is 2.50. The topological polar surface area (TPSA) is 88.2 Å². The Bertz CT molecular complexity index is 512. The van der Waals surface area contributed by atoms with E-state index in [1.807, 2.05) is 6.92 Å². The molecule has 0 atom stereocenters. The second-order valence-electron chi connectivity index (χ2n) is 3.95. The molecule has 0 saturated carbocycles. The van der Waals surface area contributed by atoms with E-state index in [1.165, 1.54) is 0 Å². The maximum absolute atomic E-state index is 11.7. The van der Waals surface area contributed by atoms with Crippen molar-refractivity contribution in [3.63, 3.8) is 0 Å². The Kier molecular flexibility index (Phi) is 5.75. The SMILES string of the molecule is CCNc1ccc(C(=O)NCCS(=O)(=O)CC)nc1. The molecule has 0 aliphatic rings. The van der Waals surface area contributed by atoms with Crippen molar-refractivity contribution in [1.82, 2.24) is 10.3 Å². The molecular weight excluding hydrogens is 266 g/mol. The van der Waals surface area contributed by atoms with E-state index in [0.717, 1.165) is 12.2 Å². The van der Waals surface area contributed by atoms with E-state index in [9.17, 15) is 13.2 Å². The summed E-state index contributed by atoms with van der Waals surface area (Å²) >= 11 is 0. The fourth-order valence-corrected chi connectivity index (χ4v) is 2.09. The average Bonchev–Trinajstić information content (AvgIpc) is 2.39. The lowest BCUT2D eigenvalue weighted by molar-refractivity contribution is 0.0951. The first kappa shape index (κ1) is 15.4. The molecule has 106 valence electrons. The van der Waals surface area contributed by atoms with Crippen LogP contribution in [0.25, 0.3) is 0 Å². The van der Waals surface area contributed by atoms with Crippen LogP contribution in [-0.4, -0.2) is 43.9 Å². The molecule has 7 heteroatoms. The van der Waals surface area contributed by atoms with Crippen molar-refractivity contribution < 1.29 is 13.2 Å². The van der Waals surface area contributed by atoms with Gasteiger partial charge in [0.15, 0.2) is 9.84 Å². The predicted octanol–water partition coefficient (Wildman–Crippen LogP) is 0.678. The number of aromatic nitrogens is 1. The molecule has 0 aromatic carbocycles. The van der Waals surface area contributed by atoms with Crippen LogP contribution in [0.3, 0.4) is 0 Å². The summed E-state index contributed by atoms with van der Waals surface area (Å²) in [5, 5.41) is 5.61. The van der Waals surface area contributed by atoms with Crippen molar-refractivity contribution in [3.05, 3.63) is 24.0 Å². The molecule has 0 unspecified atom stereocenters. The second-order valence-corrected chi connectivity index (χ2v) is 6.43. The molecule has 1 rings (SSSR count). The molecule has 0 bridgehead atoms. The van der Waals surface area contributed by atoms with Crippen molar-refractivity contribution in [2.75, 3.05) is 29.9 Å². The van der Waals surface area contributed by atoms with Gasteiger partial charge in [-0.15, -0.1) is 0 Å². The van der Waals surface area contributed by atoms with Crippen LogP contribution in [-0.2, 0) is 9.84 Å². The van der Waals surface area contributed by atoms with Crippen molar-refractivity contribution in [3.8, 4) is 0 Å². The van der Waals surface area contributed by atoms with Gasteiger partial charge in [-0.2, -0.15) is 0 Å². The molecule has 19 heavy (non-hydrogen) atoms. The lowest BCUT2D eigenvalue weighted by Crippen LogP contribution is -2.30. The van der Waals surface area contributed by atoms with Crippen molar-refractivity contribution in [2.45, 2.75) is 13.8 Å². The monoisotopic (exact) mass is 285 g/mol. The number of carbonyl (C=O) groups is 1. The summed E-state index contributed by atoms with van der Waals surface area (Å²) in [6, 6.07) is 3.36. The Hall–Kier alpha value is -1.63. The first-order chi connectivity index (χ1) is 8.98. The van der Waals surface area contributed by atoms with E-state index in [1.54, 1.807) is 25.3 Å². The Morgan fingerprint density at radius 2 is 2.05 bits per heavy atom. The third-order valence-corrected chi connectivity index (χ3v) is 4.22. The third kappa shape index (κ3) is 5.25. The number of amides is 1. The van der Waals surface area contributed by atoms with Gasteiger partial charge in [-0.1, -0.05) is 6.92 Å². The fraction of sp³-hybridized carbons (Fsp3) is 0.500. The van der Waals surface area contributed by atoms with Crippen LogP contribution in [0.1, 0.15) is 24.3 Å². The zero-order chi connectivity index (χ0) is 14.3. The first-order valence-electron chi connectivity index (χ1n) is 6.17. The lowest BCUT2D eigenvalue weighted by atomic mass is 10.3. The van der Waals surface area contributed by atoms with Gasteiger partial charge in [0.1, 0.15) is 5.69 Å². The molecule has 0 radical (unpaired) electrons. The number of anilines is 1. The molecular formula is C12H19N3O3S. The van der Waals surface area contributed by atoms with E-state index in [-0.39, 0.29) is 29.7 Å². The number of pyridine rings is 1. The van der Waals surface area contributed by atoms with E-state index >= 15 is 0 Å². The van der Waals surface area contributed by atoms with Crippen molar-refractivity contribution in [1.29, 1.82) is 0 Å². The van der Waals surface area contributed by atoms with Gasteiger partial charge >= 0.3 is 0 Å². The Morgan fingerprint density at radius 3 is 2.58 bits per heavy atom. The van der Waals surface area contributed by atoms with Crippen LogP contribution in [0.4, 0.5) is 5.69 Å². The summed E-state index contributed by atoms with van der Waals surface area (Å²) in [6.45, 7) is 4.43. The minimum Gasteiger partial charge on any atom is -0.384 e. The van der Waals surface area contributed by atoms with Gasteiger partial charge in [-0.3, -0.25) is 4.79 Å². The zero-order valence-electron chi connectivity index (χ0n) is 11.1. The normalized spacial score (nSPS) is 11.1. The number of sulfone groups is 1. The van der Waals surface area contributed by atoms with Gasteiger partial charge in [0.25, 0.3) is 5.91 Å². The van der Waals surface area contributed by atoms with Crippen LogP contribution in [0.15, 0.2) is 18.3 Å². The van der Waals surface area contributed by atoms with Gasteiger partial charge in [0, 0.05) is 18.8 Å². The molecule has 0 spiro atoms. The highest BCUT2D eigenvalue weighted by Gasteiger charge is 2.10. The van der Waals surface area contributed by atoms with Crippen LogP contribution in [0, 0.1) is 0 Å². The molecule has 1 aromatic heterocycles. The standard InChI is InChI=1S/C12H19N3O3S/c1-3-13-10-5-6-11(15-9-10)12(16)14-7-8-19(17,18)4-2/h5-6,9,13H,3-4,7-8H2,1-2H3,(H,14,16). The maximum atomic E-state index is 11.7. The summed E-state index contributed by atoms with van der Waals surface area (Å²) in [6.07, 6.45) is 1.57. The lowest BCUT2D eigenvalue weighted by Gasteiger charge is -2.06. The molecule has 1 aromatic rings. The van der Waals surface area contributed by atoms with Crippen LogP contribution in [0.5, 0.6) is 0 Å². The summed E-state index contributed by atoms with van der Waals surface area (Å²) in [5.41, 5.74) is 1.11. The molecule has 0 aliphatic carbocycles. The molecule has 0 fully saturated rings. The Morgan fingerprint density at radius 1 is 1.32 bits per heavy atom. The minimum atomic E-state index is -3.06. The summed E-state index contributed by atoms with van der Waals surface area (Å²) in [7, 11) is -3.06. The number of carbonyl (C=O) groups excluding carboxylic acids is 1. The third-order valence-electron chi connectivity index (χ3n) is 2.52. The number of hydrogen-bond donors (Lipinski definition) is 2. The van der Waals surface area contributed by atoms with Gasteiger partial charge in [-0.05, 0) is 19.1 Å². The van der Waals surface area contributed by atoms with E-state index < -0.39 is 9.84 Å². The highest BCUT2D eigenvalue weighted by molar-refractivity contribution is 7.91. The predicted molar refractivity (Wildman–Crippen MR) is 75.1 cm³/mol. The zero-order valence-corrected chi connectivity index (χ0v) is 12.0. The van der Waals surface area contributed by atoms with Gasteiger partial charge in [0.05, 0.1) is 17.6 Å². The van der Waals surface area contributed by atoms with Gasteiger partial charge < -0.3 is 10.6 Å². The molecule has 1 amide bonds. The number of hydrogen-bond acceptors (Lipinski definition) is 5. The number of nitrogens with one attached hydrogen (secondary N) is 2. The summed E-state index contributed by atoms with van der Waals surface area (Å²) in [4.78, 5) is 15.7. The maximum Gasteiger partial charge on any atom is 0.269 e. The Labute approximate surface area is 113 Å². The van der Waals surface area contributed by atoms with Gasteiger partial charge in [-0.25, -0.2) is 13.4 Å². The number of rotatable bonds is 7. The molecule has 1 heterocycles. The average molecular weight is 285 g/mol. The van der Waals surface area contributed by atoms with Crippen LogP contribution >= 0.6 is 0 Å². The minimum absolute atomic E-state index is 0.0509. The van der Waals surface area contributed by atoms with Gasteiger partial charge in [0.2, 0.25) is 0 Å². The largest absolute Gasteiger partial charge is 0.384 e. The van der Waals surface area contributed by atoms with Crippen LogP contribution in [0.2, 0.25) is 0 Å². The molecule has 0 aliphatic heterocycles. The molecule has 2 N–H and O–H groups in total. The first-order valence-corrected chi connectivity index (χ1v) is 7.99.